The van der Waals surface area contributed by atoms with Crippen molar-refractivity contribution in [3.63, 3.8) is 0 Å². The monoisotopic (exact) mass is 550 g/mol. The second-order valence-corrected chi connectivity index (χ2v) is 11.6. The Kier molecular flexibility index (Phi) is 7.84. The van der Waals surface area contributed by atoms with Crippen LogP contribution in [0, 0.1) is 5.41 Å². The average molecular weight is 551 g/mol. The number of nitrogens with zero attached hydrogens (tertiary/aromatic N) is 4. The molecule has 2 aliphatic rings. The second-order valence-electron chi connectivity index (χ2n) is 11.6. The van der Waals surface area contributed by atoms with Crippen molar-refractivity contribution in [2.45, 2.75) is 45.6 Å². The predicted molar refractivity (Wildman–Crippen MR) is 154 cm³/mol. The van der Waals surface area contributed by atoms with Crippen LogP contribution in [-0.4, -0.2) is 78.0 Å². The Morgan fingerprint density at radius 1 is 1.07 bits per heavy atom. The number of anilines is 3. The highest BCUT2D eigenvalue weighted by molar-refractivity contribution is 5.91. The molecule has 0 bridgehead atoms. The highest BCUT2D eigenvalue weighted by Crippen LogP contribution is 2.40. The van der Waals surface area contributed by atoms with Crippen LogP contribution >= 0.6 is 0 Å². The number of benzene rings is 1. The summed E-state index contributed by atoms with van der Waals surface area (Å²) in [6, 6.07) is 9.27. The average Bonchev–Trinajstić information content (AvgIpc) is 3.32. The molecule has 1 aromatic carbocycles. The number of nitrogens with one attached hydrogen (secondary N) is 2. The molecule has 1 unspecified atom stereocenters. The topological polar surface area (TPSA) is 122 Å². The highest BCUT2D eigenvalue weighted by atomic mass is 16.6. The van der Waals surface area contributed by atoms with Crippen molar-refractivity contribution in [3.8, 4) is 5.75 Å². The smallest absolute Gasteiger partial charge is 0.410 e. The number of likely N-dealkylation sites (tertiary alicyclic amines) is 1. The molecule has 11 heteroatoms. The molecule has 1 atom stereocenters. The van der Waals surface area contributed by atoms with Crippen LogP contribution in [0.4, 0.5) is 22.2 Å². The number of hydrogen-bond acceptors (Lipinski definition) is 9. The Hall–Kier alpha value is -3.86. The first kappa shape index (κ1) is 27.7. The van der Waals surface area contributed by atoms with Gasteiger partial charge in [-0.25, -0.2) is 9.78 Å². The van der Waals surface area contributed by atoms with Crippen LogP contribution in [0.25, 0.3) is 10.9 Å². The summed E-state index contributed by atoms with van der Waals surface area (Å²) in [6.45, 7) is 9.49. The molecule has 4 heterocycles. The molecule has 0 saturated carbocycles. The van der Waals surface area contributed by atoms with Crippen molar-refractivity contribution in [1.82, 2.24) is 19.9 Å². The van der Waals surface area contributed by atoms with E-state index >= 15 is 0 Å². The molecule has 3 aromatic rings. The van der Waals surface area contributed by atoms with E-state index in [9.17, 15) is 9.59 Å². The van der Waals surface area contributed by atoms with Gasteiger partial charge in [-0.3, -0.25) is 4.79 Å². The molecule has 2 aliphatic heterocycles. The van der Waals surface area contributed by atoms with Crippen LogP contribution in [-0.2, 0) is 9.47 Å². The minimum atomic E-state index is -0.525. The maximum absolute atomic E-state index is 12.8. The van der Waals surface area contributed by atoms with Crippen LogP contribution in [0.2, 0.25) is 0 Å². The summed E-state index contributed by atoms with van der Waals surface area (Å²) in [5.74, 6) is 1.73. The molecule has 40 heavy (non-hydrogen) atoms. The van der Waals surface area contributed by atoms with E-state index in [1.165, 1.54) is 0 Å². The molecule has 2 fully saturated rings. The van der Waals surface area contributed by atoms with Gasteiger partial charge >= 0.3 is 6.09 Å². The zero-order chi connectivity index (χ0) is 28.3. The molecule has 5 rings (SSSR count). The fourth-order valence-corrected chi connectivity index (χ4v) is 5.45. The number of H-pyrrole nitrogens is 1. The fourth-order valence-electron chi connectivity index (χ4n) is 5.45. The van der Waals surface area contributed by atoms with Crippen molar-refractivity contribution in [2.24, 2.45) is 5.41 Å². The Labute approximate surface area is 233 Å². The maximum atomic E-state index is 12.8. The van der Waals surface area contributed by atoms with Gasteiger partial charge in [0.2, 0.25) is 5.95 Å². The number of fused-ring (bicyclic) bond motifs is 1. The number of methoxy groups -OCH3 is 1. The van der Waals surface area contributed by atoms with Crippen molar-refractivity contribution in [2.75, 3.05) is 56.7 Å². The van der Waals surface area contributed by atoms with E-state index in [0.717, 1.165) is 43.8 Å². The quantitative estimate of drug-likeness (QED) is 0.414. The molecule has 0 radical (unpaired) electrons. The molecule has 214 valence electrons. The van der Waals surface area contributed by atoms with Gasteiger partial charge in [-0.15, -0.1) is 0 Å². The van der Waals surface area contributed by atoms with E-state index in [1.54, 1.807) is 19.4 Å². The number of rotatable bonds is 7. The zero-order valence-electron chi connectivity index (χ0n) is 23.7. The molecule has 2 saturated heterocycles. The lowest BCUT2D eigenvalue weighted by atomic mass is 9.79. The molecule has 1 amide bonds. The van der Waals surface area contributed by atoms with Crippen LogP contribution < -0.4 is 20.5 Å². The van der Waals surface area contributed by atoms with E-state index in [1.807, 2.05) is 49.9 Å². The SMILES string of the molecule is COCCOc1ccc(Nc2nc(N3CCCC4(CCN(C(=O)OC(C)(C)C)C4)C3)nc3cc[nH]c(=O)c23)cc1. The van der Waals surface area contributed by atoms with Gasteiger partial charge in [0.1, 0.15) is 29.2 Å². The van der Waals surface area contributed by atoms with Gasteiger partial charge in [-0.2, -0.15) is 4.98 Å². The van der Waals surface area contributed by atoms with Crippen molar-refractivity contribution in [3.05, 3.63) is 46.9 Å². The summed E-state index contributed by atoms with van der Waals surface area (Å²) in [7, 11) is 1.63. The normalized spacial score (nSPS) is 19.3. The second kappa shape index (κ2) is 11.3. The number of amides is 1. The Balaban J connectivity index is 1.37. The first-order chi connectivity index (χ1) is 19.1. The van der Waals surface area contributed by atoms with E-state index < -0.39 is 5.60 Å². The van der Waals surface area contributed by atoms with Crippen molar-refractivity contribution < 1.29 is 19.0 Å². The lowest BCUT2D eigenvalue weighted by Gasteiger charge is -2.40. The van der Waals surface area contributed by atoms with Crippen LogP contribution in [0.1, 0.15) is 40.0 Å². The third-order valence-corrected chi connectivity index (χ3v) is 7.32. The molecular formula is C29H38N6O5. The number of ether oxygens (including phenoxy) is 3. The van der Waals surface area contributed by atoms with E-state index in [4.69, 9.17) is 24.2 Å². The molecule has 2 aromatic heterocycles. The summed E-state index contributed by atoms with van der Waals surface area (Å²) in [4.78, 5) is 41.9. The predicted octanol–water partition coefficient (Wildman–Crippen LogP) is 4.31. The number of hydrogen-bond donors (Lipinski definition) is 2. The van der Waals surface area contributed by atoms with E-state index in [0.29, 0.717) is 49.0 Å². The van der Waals surface area contributed by atoms with Gasteiger partial charge in [0, 0.05) is 50.6 Å². The first-order valence-corrected chi connectivity index (χ1v) is 13.8. The Morgan fingerprint density at radius 2 is 1.88 bits per heavy atom. The number of aromatic amines is 1. The molecule has 2 N–H and O–H groups in total. The Morgan fingerprint density at radius 3 is 2.62 bits per heavy atom. The van der Waals surface area contributed by atoms with Gasteiger partial charge in [0.05, 0.1) is 12.1 Å². The van der Waals surface area contributed by atoms with Gasteiger partial charge in [-0.05, 0) is 70.4 Å². The first-order valence-electron chi connectivity index (χ1n) is 13.8. The van der Waals surface area contributed by atoms with Crippen molar-refractivity contribution >= 4 is 34.4 Å². The summed E-state index contributed by atoms with van der Waals surface area (Å²) in [5.41, 5.74) is 0.506. The number of aromatic nitrogens is 3. The zero-order valence-corrected chi connectivity index (χ0v) is 23.7. The number of pyridine rings is 1. The van der Waals surface area contributed by atoms with Gasteiger partial charge in [0.15, 0.2) is 0 Å². The summed E-state index contributed by atoms with van der Waals surface area (Å²) < 4.78 is 16.3. The standard InChI is InChI=1S/C29H38N6O5/c1-28(2,3)40-27(37)35-15-12-29(19-35)11-5-14-34(18-29)26-32-22-10-13-30-25(36)23(22)24(33-26)31-20-6-8-21(9-7-20)39-17-16-38-4/h6-10,13H,5,11-12,14-19H2,1-4H3,(H,30,36)(H,31,32,33). The lowest BCUT2D eigenvalue weighted by Crippen LogP contribution is -2.46. The summed E-state index contributed by atoms with van der Waals surface area (Å²) in [6.07, 6.45) is 4.24. The third kappa shape index (κ3) is 6.30. The van der Waals surface area contributed by atoms with E-state index in [2.05, 4.69) is 15.2 Å². The van der Waals surface area contributed by atoms with Gasteiger partial charge in [-0.1, -0.05) is 0 Å². The lowest BCUT2D eigenvalue weighted by molar-refractivity contribution is 0.0269. The van der Waals surface area contributed by atoms with Crippen LogP contribution in [0.5, 0.6) is 5.75 Å². The number of piperidine rings is 1. The van der Waals surface area contributed by atoms with Gasteiger partial charge < -0.3 is 34.3 Å². The van der Waals surface area contributed by atoms with Crippen molar-refractivity contribution in [1.29, 1.82) is 0 Å². The number of carbonyl (C=O) groups is 1. The molecule has 0 aliphatic carbocycles. The summed E-state index contributed by atoms with van der Waals surface area (Å²) >= 11 is 0. The minimum absolute atomic E-state index is 0.0477. The summed E-state index contributed by atoms with van der Waals surface area (Å²) in [5, 5.41) is 3.72. The fraction of sp³-hybridized carbons (Fsp3) is 0.517. The Bertz CT molecular complexity index is 1400. The van der Waals surface area contributed by atoms with Crippen LogP contribution in [0.3, 0.4) is 0 Å². The molecular weight excluding hydrogens is 512 g/mol. The molecule has 1 spiro atoms. The highest BCUT2D eigenvalue weighted by Gasteiger charge is 2.44. The maximum Gasteiger partial charge on any atom is 0.410 e. The van der Waals surface area contributed by atoms with E-state index in [-0.39, 0.29) is 17.1 Å². The largest absolute Gasteiger partial charge is 0.491 e. The molecule has 11 nitrogen and oxygen atoms in total. The van der Waals surface area contributed by atoms with Gasteiger partial charge in [0.25, 0.3) is 5.56 Å². The minimum Gasteiger partial charge on any atom is -0.491 e. The number of carbonyl (C=O) groups excluding carboxylic acids is 1. The third-order valence-electron chi connectivity index (χ3n) is 7.32. The van der Waals surface area contributed by atoms with Crippen LogP contribution in [0.15, 0.2) is 41.3 Å².